The molecule has 0 atom stereocenters. The summed E-state index contributed by atoms with van der Waals surface area (Å²) in [4.78, 5) is 15.7. The topological polar surface area (TPSA) is 65.6 Å². The maximum absolute atomic E-state index is 10.9. The Labute approximate surface area is 117 Å². The van der Waals surface area contributed by atoms with Crippen molar-refractivity contribution in [3.8, 4) is 5.75 Å². The molecule has 1 aliphatic heterocycles. The number of aromatic nitrogens is 1. The molecular weight excluding hydrogens is 256 g/mol. The Balaban J connectivity index is 1.86. The fourth-order valence-corrected chi connectivity index (χ4v) is 2.97. The second kappa shape index (κ2) is 5.07. The van der Waals surface area contributed by atoms with Gasteiger partial charge < -0.3 is 19.7 Å². The number of nitrogens with zero attached hydrogens (tertiary/aromatic N) is 1. The van der Waals surface area contributed by atoms with Gasteiger partial charge in [-0.1, -0.05) is 0 Å². The molecule has 0 saturated carbocycles. The molecule has 1 aromatic heterocycles. The number of nitrogens with one attached hydrogen (secondary N) is 1. The van der Waals surface area contributed by atoms with E-state index < -0.39 is 6.09 Å². The average Bonchev–Trinajstić information content (AvgIpc) is 2.90. The van der Waals surface area contributed by atoms with Gasteiger partial charge in [-0.15, -0.1) is 0 Å². The van der Waals surface area contributed by atoms with Gasteiger partial charge in [0.05, 0.1) is 7.11 Å². The molecule has 106 valence electrons. The van der Waals surface area contributed by atoms with Crippen LogP contribution < -0.4 is 4.74 Å². The van der Waals surface area contributed by atoms with Crippen molar-refractivity contribution in [2.45, 2.75) is 18.8 Å². The van der Waals surface area contributed by atoms with E-state index in [0.29, 0.717) is 19.0 Å². The van der Waals surface area contributed by atoms with E-state index in [2.05, 4.69) is 4.98 Å². The van der Waals surface area contributed by atoms with E-state index in [1.165, 1.54) is 15.8 Å². The molecule has 1 aliphatic rings. The number of carbonyl (C=O) groups is 1. The number of carboxylic acid groups (broad SMARTS) is 1. The predicted octanol–water partition coefficient (Wildman–Crippen LogP) is 3.03. The third kappa shape index (κ3) is 2.19. The van der Waals surface area contributed by atoms with Gasteiger partial charge in [0, 0.05) is 30.2 Å². The van der Waals surface area contributed by atoms with E-state index in [1.807, 2.05) is 24.4 Å². The summed E-state index contributed by atoms with van der Waals surface area (Å²) in [7, 11) is 1.67. The Morgan fingerprint density at radius 1 is 1.40 bits per heavy atom. The van der Waals surface area contributed by atoms with Crippen LogP contribution in [0.15, 0.2) is 24.4 Å². The molecule has 5 nitrogen and oxygen atoms in total. The first-order valence-electron chi connectivity index (χ1n) is 6.82. The first-order chi connectivity index (χ1) is 9.69. The maximum atomic E-state index is 10.9. The van der Waals surface area contributed by atoms with Crippen molar-refractivity contribution in [2.75, 3.05) is 20.2 Å². The van der Waals surface area contributed by atoms with Gasteiger partial charge in [-0.25, -0.2) is 4.79 Å². The highest BCUT2D eigenvalue weighted by atomic mass is 16.5. The van der Waals surface area contributed by atoms with Gasteiger partial charge >= 0.3 is 6.09 Å². The molecule has 1 aromatic carbocycles. The van der Waals surface area contributed by atoms with Crippen LogP contribution in [-0.2, 0) is 0 Å². The zero-order valence-electron chi connectivity index (χ0n) is 11.4. The number of H-pyrrole nitrogens is 1. The minimum atomic E-state index is -0.816. The van der Waals surface area contributed by atoms with Crippen LogP contribution in [0.25, 0.3) is 10.9 Å². The average molecular weight is 274 g/mol. The van der Waals surface area contributed by atoms with Crippen molar-refractivity contribution in [3.63, 3.8) is 0 Å². The zero-order valence-corrected chi connectivity index (χ0v) is 11.4. The Kier molecular flexibility index (Phi) is 3.26. The number of likely N-dealkylation sites (tertiary alicyclic amines) is 1. The number of ether oxygens (including phenoxy) is 1. The molecule has 0 radical (unpaired) electrons. The van der Waals surface area contributed by atoms with Crippen LogP contribution in [0.2, 0.25) is 0 Å². The second-order valence-electron chi connectivity index (χ2n) is 5.20. The number of amides is 1. The fraction of sp³-hybridized carbons (Fsp3) is 0.400. The maximum Gasteiger partial charge on any atom is 0.407 e. The third-order valence-electron chi connectivity index (χ3n) is 4.13. The molecule has 1 amide bonds. The number of fused-ring (bicyclic) bond motifs is 1. The molecular formula is C15H18N2O3. The predicted molar refractivity (Wildman–Crippen MR) is 76.4 cm³/mol. The number of benzene rings is 1. The van der Waals surface area contributed by atoms with Crippen LogP contribution in [0.4, 0.5) is 4.79 Å². The number of hydrogen-bond donors (Lipinski definition) is 2. The van der Waals surface area contributed by atoms with Crippen molar-refractivity contribution in [2.24, 2.45) is 0 Å². The summed E-state index contributed by atoms with van der Waals surface area (Å²) in [6, 6.07) is 6.00. The van der Waals surface area contributed by atoms with E-state index >= 15 is 0 Å². The molecule has 0 spiro atoms. The molecule has 20 heavy (non-hydrogen) atoms. The van der Waals surface area contributed by atoms with Crippen molar-refractivity contribution in [1.29, 1.82) is 0 Å². The summed E-state index contributed by atoms with van der Waals surface area (Å²) >= 11 is 0. The van der Waals surface area contributed by atoms with Crippen molar-refractivity contribution in [3.05, 3.63) is 30.0 Å². The van der Waals surface area contributed by atoms with Gasteiger partial charge in [0.15, 0.2) is 0 Å². The molecule has 2 heterocycles. The van der Waals surface area contributed by atoms with E-state index in [-0.39, 0.29) is 0 Å². The smallest absolute Gasteiger partial charge is 0.407 e. The Morgan fingerprint density at radius 2 is 2.15 bits per heavy atom. The zero-order chi connectivity index (χ0) is 14.1. The summed E-state index contributed by atoms with van der Waals surface area (Å²) in [5, 5.41) is 10.2. The Bertz CT molecular complexity index is 627. The molecule has 5 heteroatoms. The van der Waals surface area contributed by atoms with Gasteiger partial charge in [-0.05, 0) is 42.5 Å². The van der Waals surface area contributed by atoms with Crippen LogP contribution in [0.1, 0.15) is 24.3 Å². The van der Waals surface area contributed by atoms with Gasteiger partial charge in [-0.2, -0.15) is 0 Å². The summed E-state index contributed by atoms with van der Waals surface area (Å²) < 4.78 is 5.28. The highest BCUT2D eigenvalue weighted by molar-refractivity contribution is 5.85. The van der Waals surface area contributed by atoms with E-state index in [9.17, 15) is 4.79 Å². The largest absolute Gasteiger partial charge is 0.497 e. The molecule has 2 aromatic rings. The van der Waals surface area contributed by atoms with Crippen LogP contribution in [0.3, 0.4) is 0 Å². The van der Waals surface area contributed by atoms with E-state index in [0.717, 1.165) is 24.1 Å². The van der Waals surface area contributed by atoms with E-state index in [4.69, 9.17) is 9.84 Å². The van der Waals surface area contributed by atoms with Gasteiger partial charge in [0.2, 0.25) is 0 Å². The van der Waals surface area contributed by atoms with E-state index in [1.54, 1.807) is 7.11 Å². The second-order valence-corrected chi connectivity index (χ2v) is 5.20. The number of aromatic amines is 1. The van der Waals surface area contributed by atoms with Crippen LogP contribution in [-0.4, -0.2) is 41.3 Å². The van der Waals surface area contributed by atoms with Crippen molar-refractivity contribution < 1.29 is 14.6 Å². The summed E-state index contributed by atoms with van der Waals surface area (Å²) in [6.45, 7) is 1.22. The molecule has 2 N–H and O–H groups in total. The number of methoxy groups -OCH3 is 1. The SMILES string of the molecule is COc1ccc2[nH]cc(C3CCN(C(=O)O)CC3)c2c1. The van der Waals surface area contributed by atoms with Gasteiger partial charge in [-0.3, -0.25) is 0 Å². The van der Waals surface area contributed by atoms with Crippen molar-refractivity contribution >= 4 is 17.0 Å². The summed E-state index contributed by atoms with van der Waals surface area (Å²) in [6.07, 6.45) is 2.97. The molecule has 3 rings (SSSR count). The highest BCUT2D eigenvalue weighted by Gasteiger charge is 2.25. The highest BCUT2D eigenvalue weighted by Crippen LogP contribution is 2.34. The van der Waals surface area contributed by atoms with Gasteiger partial charge in [0.1, 0.15) is 5.75 Å². The first kappa shape index (κ1) is 12.8. The summed E-state index contributed by atoms with van der Waals surface area (Å²) in [5.41, 5.74) is 2.37. The quantitative estimate of drug-likeness (QED) is 0.884. The lowest BCUT2D eigenvalue weighted by Gasteiger charge is -2.29. The summed E-state index contributed by atoms with van der Waals surface area (Å²) in [5.74, 6) is 1.26. The molecule has 0 unspecified atom stereocenters. The lowest BCUT2D eigenvalue weighted by atomic mass is 9.89. The monoisotopic (exact) mass is 274 g/mol. The lowest BCUT2D eigenvalue weighted by Crippen LogP contribution is -2.36. The number of hydrogen-bond acceptors (Lipinski definition) is 2. The molecule has 1 saturated heterocycles. The minimum Gasteiger partial charge on any atom is -0.497 e. The standard InChI is InChI=1S/C15H18N2O3/c1-20-11-2-3-14-12(8-11)13(9-16-14)10-4-6-17(7-5-10)15(18)19/h2-3,8-10,16H,4-7H2,1H3,(H,18,19). The van der Waals surface area contributed by atoms with Crippen molar-refractivity contribution in [1.82, 2.24) is 9.88 Å². The van der Waals surface area contributed by atoms with Gasteiger partial charge in [0.25, 0.3) is 0 Å². The normalized spacial score (nSPS) is 16.6. The van der Waals surface area contributed by atoms with Crippen LogP contribution >= 0.6 is 0 Å². The minimum absolute atomic E-state index is 0.409. The Morgan fingerprint density at radius 3 is 2.80 bits per heavy atom. The first-order valence-corrected chi connectivity index (χ1v) is 6.82. The molecule has 0 bridgehead atoms. The van der Waals surface area contributed by atoms with Crippen LogP contribution in [0.5, 0.6) is 5.75 Å². The number of rotatable bonds is 2. The fourth-order valence-electron chi connectivity index (χ4n) is 2.97. The molecule has 0 aliphatic carbocycles. The third-order valence-corrected chi connectivity index (χ3v) is 4.13. The Hall–Kier alpha value is -2.17. The van der Waals surface area contributed by atoms with Crippen LogP contribution in [0, 0.1) is 0 Å². The lowest BCUT2D eigenvalue weighted by molar-refractivity contribution is 0.132. The number of piperidine rings is 1. The molecule has 1 fully saturated rings.